The van der Waals surface area contributed by atoms with Crippen LogP contribution in [0.1, 0.15) is 32.6 Å². The predicted octanol–water partition coefficient (Wildman–Crippen LogP) is 1.18. The maximum Gasteiger partial charge on any atom is 0.321 e. The summed E-state index contributed by atoms with van der Waals surface area (Å²) < 4.78 is 0. The molecular weight excluding hydrogens is 242 g/mol. The van der Waals surface area contributed by atoms with Crippen molar-refractivity contribution >= 4 is 12.0 Å². The lowest BCUT2D eigenvalue weighted by atomic mass is 10.2. The van der Waals surface area contributed by atoms with Gasteiger partial charge < -0.3 is 16.4 Å². The van der Waals surface area contributed by atoms with Crippen molar-refractivity contribution < 1.29 is 4.79 Å². The SMILES string of the molecule is C=C1C=C(C)N=C(NC(=O)NCCCCCCN)N1. The Kier molecular flexibility index (Phi) is 6.67. The zero-order valence-corrected chi connectivity index (χ0v) is 11.5. The Labute approximate surface area is 114 Å². The van der Waals surface area contributed by atoms with Crippen LogP contribution in [0.4, 0.5) is 4.79 Å². The number of rotatable bonds is 6. The number of carbonyl (C=O) groups excluding carboxylic acids is 1. The molecule has 0 unspecified atom stereocenters. The molecule has 0 aromatic carbocycles. The molecule has 0 aromatic rings. The number of guanidine groups is 1. The highest BCUT2D eigenvalue weighted by molar-refractivity contribution is 5.98. The molecule has 0 saturated heterocycles. The molecule has 1 aliphatic heterocycles. The summed E-state index contributed by atoms with van der Waals surface area (Å²) in [7, 11) is 0. The first-order valence-electron chi connectivity index (χ1n) is 6.59. The summed E-state index contributed by atoms with van der Waals surface area (Å²) in [5, 5.41) is 8.32. The third-order valence-electron chi connectivity index (χ3n) is 2.60. The monoisotopic (exact) mass is 265 g/mol. The average molecular weight is 265 g/mol. The van der Waals surface area contributed by atoms with E-state index in [-0.39, 0.29) is 6.03 Å². The lowest BCUT2D eigenvalue weighted by Crippen LogP contribution is -2.46. The molecule has 0 aromatic heterocycles. The zero-order chi connectivity index (χ0) is 14.1. The van der Waals surface area contributed by atoms with Crippen LogP contribution >= 0.6 is 0 Å². The van der Waals surface area contributed by atoms with E-state index in [1.807, 2.05) is 6.92 Å². The molecule has 6 heteroatoms. The molecule has 0 spiro atoms. The highest BCUT2D eigenvalue weighted by atomic mass is 16.2. The smallest absolute Gasteiger partial charge is 0.321 e. The fourth-order valence-electron chi connectivity index (χ4n) is 1.71. The van der Waals surface area contributed by atoms with Gasteiger partial charge >= 0.3 is 6.03 Å². The van der Waals surface area contributed by atoms with E-state index < -0.39 is 0 Å². The Morgan fingerprint density at radius 1 is 1.42 bits per heavy atom. The van der Waals surface area contributed by atoms with Crippen molar-refractivity contribution in [3.63, 3.8) is 0 Å². The van der Waals surface area contributed by atoms with Gasteiger partial charge in [-0.2, -0.15) is 0 Å². The third-order valence-corrected chi connectivity index (χ3v) is 2.60. The lowest BCUT2D eigenvalue weighted by Gasteiger charge is -2.16. The van der Waals surface area contributed by atoms with Crippen molar-refractivity contribution in [3.05, 3.63) is 24.0 Å². The van der Waals surface area contributed by atoms with Gasteiger partial charge in [-0.05, 0) is 32.4 Å². The highest BCUT2D eigenvalue weighted by Gasteiger charge is 2.09. The average Bonchev–Trinajstić information content (AvgIpc) is 2.32. The van der Waals surface area contributed by atoms with Gasteiger partial charge in [0.15, 0.2) is 0 Å². The van der Waals surface area contributed by atoms with Gasteiger partial charge in [0, 0.05) is 17.9 Å². The first-order chi connectivity index (χ1) is 9.11. The fraction of sp³-hybridized carbons (Fsp3) is 0.538. The number of carbonyl (C=O) groups is 1. The molecular formula is C13H23N5O. The number of amides is 2. The quantitative estimate of drug-likeness (QED) is 0.543. The van der Waals surface area contributed by atoms with Gasteiger partial charge in [0.05, 0.1) is 0 Å². The molecule has 0 bridgehead atoms. The molecule has 0 aliphatic carbocycles. The predicted molar refractivity (Wildman–Crippen MR) is 77.5 cm³/mol. The van der Waals surface area contributed by atoms with Crippen LogP contribution in [0.2, 0.25) is 0 Å². The normalized spacial score (nSPS) is 14.3. The minimum atomic E-state index is -0.257. The second-order valence-electron chi connectivity index (χ2n) is 4.48. The Bertz CT molecular complexity index is 386. The van der Waals surface area contributed by atoms with E-state index in [0.717, 1.165) is 37.9 Å². The van der Waals surface area contributed by atoms with Gasteiger partial charge in [-0.15, -0.1) is 0 Å². The van der Waals surface area contributed by atoms with Gasteiger partial charge in [-0.25, -0.2) is 9.79 Å². The van der Waals surface area contributed by atoms with Crippen molar-refractivity contribution in [3.8, 4) is 0 Å². The number of nitrogens with one attached hydrogen (secondary N) is 3. The van der Waals surface area contributed by atoms with Crippen LogP contribution < -0.4 is 21.7 Å². The first-order valence-corrected chi connectivity index (χ1v) is 6.59. The summed E-state index contributed by atoms with van der Waals surface area (Å²) in [6, 6.07) is -0.257. The molecule has 1 heterocycles. The number of aliphatic imine (C=N–C) groups is 1. The second kappa shape index (κ2) is 8.31. The Hall–Kier alpha value is -1.82. The molecule has 0 atom stereocenters. The molecule has 1 rings (SSSR count). The molecule has 106 valence electrons. The topological polar surface area (TPSA) is 91.5 Å². The summed E-state index contributed by atoms with van der Waals surface area (Å²) in [6.45, 7) is 7.01. The molecule has 5 N–H and O–H groups in total. The van der Waals surface area contributed by atoms with Crippen LogP contribution in [-0.2, 0) is 0 Å². The number of nitrogens with two attached hydrogens (primary N) is 1. The number of hydrogen-bond acceptors (Lipinski definition) is 4. The minimum absolute atomic E-state index is 0.257. The largest absolute Gasteiger partial charge is 0.338 e. The summed E-state index contributed by atoms with van der Waals surface area (Å²) in [5.41, 5.74) is 6.93. The second-order valence-corrected chi connectivity index (χ2v) is 4.48. The molecule has 0 radical (unpaired) electrons. The number of allylic oxidation sites excluding steroid dienone is 2. The summed E-state index contributed by atoms with van der Waals surface area (Å²) in [6.07, 6.45) is 5.99. The first kappa shape index (κ1) is 15.2. The van der Waals surface area contributed by atoms with Crippen LogP contribution in [-0.4, -0.2) is 25.1 Å². The number of unbranched alkanes of at least 4 members (excludes halogenated alkanes) is 3. The van der Waals surface area contributed by atoms with E-state index in [2.05, 4.69) is 27.5 Å². The highest BCUT2D eigenvalue weighted by Crippen LogP contribution is 2.04. The maximum atomic E-state index is 11.6. The van der Waals surface area contributed by atoms with E-state index >= 15 is 0 Å². The van der Waals surface area contributed by atoms with E-state index in [1.165, 1.54) is 0 Å². The molecule has 19 heavy (non-hydrogen) atoms. The van der Waals surface area contributed by atoms with Crippen molar-refractivity contribution in [2.24, 2.45) is 10.7 Å². The van der Waals surface area contributed by atoms with E-state index in [9.17, 15) is 4.79 Å². The summed E-state index contributed by atoms with van der Waals surface area (Å²) >= 11 is 0. The lowest BCUT2D eigenvalue weighted by molar-refractivity contribution is 0.245. The number of nitrogens with zero attached hydrogens (tertiary/aromatic N) is 1. The standard InChI is InChI=1S/C13H23N5O/c1-10-9-11(2)17-12(16-10)18-13(19)15-8-6-4-3-5-7-14/h9H,1,3-8,14H2,2H3,(H3,15,16,17,18,19). The van der Waals surface area contributed by atoms with E-state index in [0.29, 0.717) is 18.2 Å². The van der Waals surface area contributed by atoms with Gasteiger partial charge in [-0.1, -0.05) is 19.4 Å². The van der Waals surface area contributed by atoms with Gasteiger partial charge in [0.25, 0.3) is 0 Å². The number of hydrogen-bond donors (Lipinski definition) is 4. The summed E-state index contributed by atoms with van der Waals surface area (Å²) in [5.74, 6) is 0.408. The van der Waals surface area contributed by atoms with E-state index in [4.69, 9.17) is 5.73 Å². The minimum Gasteiger partial charge on any atom is -0.338 e. The van der Waals surface area contributed by atoms with Crippen molar-refractivity contribution in [2.45, 2.75) is 32.6 Å². The zero-order valence-electron chi connectivity index (χ0n) is 11.5. The van der Waals surface area contributed by atoms with Crippen LogP contribution in [0, 0.1) is 0 Å². The molecule has 2 amide bonds. The maximum absolute atomic E-state index is 11.6. The number of urea groups is 1. The van der Waals surface area contributed by atoms with E-state index in [1.54, 1.807) is 6.08 Å². The van der Waals surface area contributed by atoms with Crippen molar-refractivity contribution in [1.82, 2.24) is 16.0 Å². The Balaban J connectivity index is 2.18. The van der Waals surface area contributed by atoms with Crippen molar-refractivity contribution in [2.75, 3.05) is 13.1 Å². The molecule has 0 saturated carbocycles. The van der Waals surface area contributed by atoms with Crippen LogP contribution in [0.3, 0.4) is 0 Å². The van der Waals surface area contributed by atoms with Crippen LogP contribution in [0.25, 0.3) is 0 Å². The van der Waals surface area contributed by atoms with Gasteiger partial charge in [-0.3, -0.25) is 5.32 Å². The van der Waals surface area contributed by atoms with Gasteiger partial charge in [0.1, 0.15) is 0 Å². The summed E-state index contributed by atoms with van der Waals surface area (Å²) in [4.78, 5) is 15.8. The molecule has 0 fully saturated rings. The fourth-order valence-corrected chi connectivity index (χ4v) is 1.71. The Morgan fingerprint density at radius 3 is 2.84 bits per heavy atom. The Morgan fingerprint density at radius 2 is 2.16 bits per heavy atom. The van der Waals surface area contributed by atoms with Crippen molar-refractivity contribution in [1.29, 1.82) is 0 Å². The van der Waals surface area contributed by atoms with Crippen LogP contribution in [0.15, 0.2) is 29.0 Å². The molecule has 6 nitrogen and oxygen atoms in total. The molecule has 1 aliphatic rings. The van der Waals surface area contributed by atoms with Crippen LogP contribution in [0.5, 0.6) is 0 Å². The van der Waals surface area contributed by atoms with Gasteiger partial charge in [0.2, 0.25) is 5.96 Å². The third kappa shape index (κ3) is 6.61.